The van der Waals surface area contributed by atoms with Gasteiger partial charge in [-0.05, 0) is 36.5 Å². The summed E-state index contributed by atoms with van der Waals surface area (Å²) in [6.45, 7) is 14.9. The van der Waals surface area contributed by atoms with Crippen molar-refractivity contribution >= 4 is 5.69 Å². The Balaban J connectivity index is 3.15. The Morgan fingerprint density at radius 3 is 2.19 bits per heavy atom. The third-order valence-corrected chi connectivity index (χ3v) is 3.00. The number of allylic oxidation sites excluding steroid dienone is 1. The zero-order chi connectivity index (χ0) is 12.5. The molecule has 0 heterocycles. The minimum absolute atomic E-state index is 0.213. The molecule has 1 rings (SSSR count). The summed E-state index contributed by atoms with van der Waals surface area (Å²) < 4.78 is 0. The number of aryl methyl sites for hydroxylation is 1. The summed E-state index contributed by atoms with van der Waals surface area (Å²) in [5.74, 6) is 0. The summed E-state index contributed by atoms with van der Waals surface area (Å²) in [4.78, 5) is 2.13. The van der Waals surface area contributed by atoms with Crippen LogP contribution in [0.15, 0.2) is 30.5 Å². The molecule has 0 saturated carbocycles. The molecular weight excluding hydrogens is 194 g/mol. The SMILES string of the molecule is C=C(C)N(C)c1ccc(C(C)(C)C)cc1C. The molecule has 16 heavy (non-hydrogen) atoms. The number of hydrogen-bond acceptors (Lipinski definition) is 1. The van der Waals surface area contributed by atoms with Gasteiger partial charge in [0.2, 0.25) is 0 Å². The predicted octanol–water partition coefficient (Wildman–Crippen LogP) is 4.26. The van der Waals surface area contributed by atoms with Gasteiger partial charge in [0.15, 0.2) is 0 Å². The van der Waals surface area contributed by atoms with Gasteiger partial charge >= 0.3 is 0 Å². The van der Waals surface area contributed by atoms with E-state index in [0.717, 1.165) is 5.70 Å². The van der Waals surface area contributed by atoms with Crippen LogP contribution >= 0.6 is 0 Å². The largest absolute Gasteiger partial charge is 0.349 e. The zero-order valence-electron chi connectivity index (χ0n) is 11.4. The Morgan fingerprint density at radius 2 is 1.81 bits per heavy atom. The molecule has 0 unspecified atom stereocenters. The smallest absolute Gasteiger partial charge is 0.0435 e. The topological polar surface area (TPSA) is 3.24 Å². The van der Waals surface area contributed by atoms with Crippen molar-refractivity contribution in [3.8, 4) is 0 Å². The molecule has 1 heteroatoms. The Morgan fingerprint density at radius 1 is 1.25 bits per heavy atom. The van der Waals surface area contributed by atoms with E-state index < -0.39 is 0 Å². The number of benzene rings is 1. The van der Waals surface area contributed by atoms with Gasteiger partial charge in [-0.2, -0.15) is 0 Å². The minimum Gasteiger partial charge on any atom is -0.349 e. The third kappa shape index (κ3) is 2.66. The standard InChI is InChI=1S/C15H23N/c1-11(2)16(7)14-9-8-13(10-12(14)3)15(4,5)6/h8-10H,1H2,2-7H3. The molecule has 0 bridgehead atoms. The lowest BCUT2D eigenvalue weighted by atomic mass is 9.86. The molecule has 0 spiro atoms. The maximum absolute atomic E-state index is 3.97. The monoisotopic (exact) mass is 217 g/mol. The molecule has 0 radical (unpaired) electrons. The Hall–Kier alpha value is -1.24. The second-order valence-electron chi connectivity index (χ2n) is 5.55. The van der Waals surface area contributed by atoms with Gasteiger partial charge in [0.1, 0.15) is 0 Å². The number of hydrogen-bond donors (Lipinski definition) is 0. The van der Waals surface area contributed by atoms with E-state index in [1.165, 1.54) is 16.8 Å². The fourth-order valence-electron chi connectivity index (χ4n) is 1.70. The van der Waals surface area contributed by atoms with Crippen LogP contribution in [0.25, 0.3) is 0 Å². The Kier molecular flexibility index (Phi) is 3.47. The molecule has 0 aliphatic heterocycles. The minimum atomic E-state index is 0.213. The van der Waals surface area contributed by atoms with Gasteiger partial charge in [0, 0.05) is 18.4 Å². The van der Waals surface area contributed by atoms with Crippen LogP contribution in [0, 0.1) is 6.92 Å². The van der Waals surface area contributed by atoms with Crippen molar-refractivity contribution in [1.82, 2.24) is 0 Å². The zero-order valence-corrected chi connectivity index (χ0v) is 11.4. The van der Waals surface area contributed by atoms with Crippen LogP contribution in [0.1, 0.15) is 38.8 Å². The lowest BCUT2D eigenvalue weighted by Crippen LogP contribution is -2.16. The average molecular weight is 217 g/mol. The first-order chi connectivity index (χ1) is 7.23. The summed E-state index contributed by atoms with van der Waals surface area (Å²) in [6, 6.07) is 6.67. The Bertz CT molecular complexity index is 396. The molecule has 88 valence electrons. The van der Waals surface area contributed by atoms with Crippen molar-refractivity contribution in [1.29, 1.82) is 0 Å². The maximum atomic E-state index is 3.97. The molecule has 0 N–H and O–H groups in total. The molecule has 0 fully saturated rings. The molecule has 1 aromatic carbocycles. The van der Waals surface area contributed by atoms with Gasteiger partial charge in [-0.1, -0.05) is 39.5 Å². The average Bonchev–Trinajstić information content (AvgIpc) is 2.15. The first kappa shape index (κ1) is 12.8. The van der Waals surface area contributed by atoms with Crippen LogP contribution in [0.2, 0.25) is 0 Å². The molecular formula is C15H23N. The fraction of sp³-hybridized carbons (Fsp3) is 0.467. The van der Waals surface area contributed by atoms with Crippen LogP contribution in [0.3, 0.4) is 0 Å². The lowest BCUT2D eigenvalue weighted by molar-refractivity contribution is 0.590. The van der Waals surface area contributed by atoms with Gasteiger partial charge in [-0.25, -0.2) is 0 Å². The van der Waals surface area contributed by atoms with E-state index >= 15 is 0 Å². The highest BCUT2D eigenvalue weighted by Gasteiger charge is 2.15. The van der Waals surface area contributed by atoms with Crippen LogP contribution < -0.4 is 4.90 Å². The summed E-state index contributed by atoms with van der Waals surface area (Å²) in [7, 11) is 2.06. The normalized spacial score (nSPS) is 11.4. The second-order valence-corrected chi connectivity index (χ2v) is 5.55. The first-order valence-electron chi connectivity index (χ1n) is 5.74. The van der Waals surface area contributed by atoms with E-state index in [1.54, 1.807) is 0 Å². The van der Waals surface area contributed by atoms with E-state index in [2.05, 4.69) is 64.4 Å². The molecule has 1 aromatic rings. The third-order valence-electron chi connectivity index (χ3n) is 3.00. The fourth-order valence-corrected chi connectivity index (χ4v) is 1.70. The number of anilines is 1. The van der Waals surface area contributed by atoms with Crippen molar-refractivity contribution in [3.63, 3.8) is 0 Å². The van der Waals surface area contributed by atoms with Crippen LogP contribution in [-0.4, -0.2) is 7.05 Å². The summed E-state index contributed by atoms with van der Waals surface area (Å²) >= 11 is 0. The van der Waals surface area contributed by atoms with Crippen molar-refractivity contribution in [2.24, 2.45) is 0 Å². The highest BCUT2D eigenvalue weighted by atomic mass is 15.1. The van der Waals surface area contributed by atoms with E-state index in [4.69, 9.17) is 0 Å². The number of nitrogens with zero attached hydrogens (tertiary/aromatic N) is 1. The Labute approximate surface area is 99.8 Å². The van der Waals surface area contributed by atoms with Crippen LogP contribution in [0.5, 0.6) is 0 Å². The van der Waals surface area contributed by atoms with E-state index in [9.17, 15) is 0 Å². The summed E-state index contributed by atoms with van der Waals surface area (Å²) in [6.07, 6.45) is 0. The van der Waals surface area contributed by atoms with Gasteiger partial charge in [-0.15, -0.1) is 0 Å². The summed E-state index contributed by atoms with van der Waals surface area (Å²) in [5.41, 5.74) is 5.19. The van der Waals surface area contributed by atoms with Gasteiger partial charge in [0.25, 0.3) is 0 Å². The van der Waals surface area contributed by atoms with Crippen LogP contribution in [-0.2, 0) is 5.41 Å². The highest BCUT2D eigenvalue weighted by molar-refractivity contribution is 5.57. The quantitative estimate of drug-likeness (QED) is 0.715. The van der Waals surface area contributed by atoms with E-state index in [-0.39, 0.29) is 5.41 Å². The second kappa shape index (κ2) is 4.32. The summed E-state index contributed by atoms with van der Waals surface area (Å²) in [5, 5.41) is 0. The van der Waals surface area contributed by atoms with Gasteiger partial charge in [-0.3, -0.25) is 0 Å². The predicted molar refractivity (Wildman–Crippen MR) is 73.1 cm³/mol. The van der Waals surface area contributed by atoms with E-state index in [1.807, 2.05) is 6.92 Å². The molecule has 0 aliphatic carbocycles. The molecule has 0 aliphatic rings. The molecule has 0 atom stereocenters. The van der Waals surface area contributed by atoms with Crippen molar-refractivity contribution in [2.45, 2.75) is 40.0 Å². The highest BCUT2D eigenvalue weighted by Crippen LogP contribution is 2.28. The maximum Gasteiger partial charge on any atom is 0.0435 e. The number of rotatable bonds is 2. The van der Waals surface area contributed by atoms with Crippen LogP contribution in [0.4, 0.5) is 5.69 Å². The van der Waals surface area contributed by atoms with Gasteiger partial charge in [0.05, 0.1) is 0 Å². The molecule has 1 nitrogen and oxygen atoms in total. The van der Waals surface area contributed by atoms with Gasteiger partial charge < -0.3 is 4.90 Å². The molecule has 0 aromatic heterocycles. The van der Waals surface area contributed by atoms with Crippen molar-refractivity contribution in [2.75, 3.05) is 11.9 Å². The van der Waals surface area contributed by atoms with Crippen molar-refractivity contribution < 1.29 is 0 Å². The first-order valence-corrected chi connectivity index (χ1v) is 5.74. The van der Waals surface area contributed by atoms with E-state index in [0.29, 0.717) is 0 Å². The lowest BCUT2D eigenvalue weighted by Gasteiger charge is -2.25. The molecule has 0 amide bonds. The van der Waals surface area contributed by atoms with Crippen molar-refractivity contribution in [3.05, 3.63) is 41.6 Å². The molecule has 0 saturated heterocycles.